The zero-order valence-electron chi connectivity index (χ0n) is 14.9. The number of nitrogens with one attached hydrogen (secondary N) is 2. The first kappa shape index (κ1) is 23.4. The maximum absolute atomic E-state index is 13.0. The van der Waals surface area contributed by atoms with Crippen molar-refractivity contribution in [2.24, 2.45) is 5.73 Å². The molecule has 0 saturated carbocycles. The Labute approximate surface area is 170 Å². The third-order valence-corrected chi connectivity index (χ3v) is 4.76. The molecule has 2 heterocycles. The molecule has 2 fully saturated rings. The summed E-state index contributed by atoms with van der Waals surface area (Å²) in [7, 11) is 0. The Morgan fingerprint density at radius 2 is 1.78 bits per heavy atom. The van der Waals surface area contributed by atoms with Gasteiger partial charge in [0.05, 0.1) is 12.6 Å². The van der Waals surface area contributed by atoms with E-state index in [4.69, 9.17) is 5.73 Å². The molecule has 27 heavy (non-hydrogen) atoms. The van der Waals surface area contributed by atoms with Crippen LogP contribution >= 0.6 is 24.8 Å². The van der Waals surface area contributed by atoms with E-state index in [1.54, 1.807) is 12.1 Å². The predicted molar refractivity (Wildman–Crippen MR) is 107 cm³/mol. The fourth-order valence-corrected chi connectivity index (χ4v) is 3.38. The summed E-state index contributed by atoms with van der Waals surface area (Å²) >= 11 is 0. The average Bonchev–Trinajstić information content (AvgIpc) is 3.10. The predicted octanol–water partition coefficient (Wildman–Crippen LogP) is 0.123. The first-order valence-corrected chi connectivity index (χ1v) is 8.59. The number of rotatable bonds is 4. The van der Waals surface area contributed by atoms with Gasteiger partial charge in [-0.2, -0.15) is 0 Å². The molecule has 0 bridgehead atoms. The molecule has 10 heteroatoms. The minimum atomic E-state index is -0.263. The highest BCUT2D eigenvalue weighted by atomic mass is 35.5. The van der Waals surface area contributed by atoms with Crippen LogP contribution in [0.4, 0.5) is 10.1 Å². The molecule has 7 nitrogen and oxygen atoms in total. The van der Waals surface area contributed by atoms with E-state index in [9.17, 15) is 14.0 Å². The quantitative estimate of drug-likeness (QED) is 0.642. The van der Waals surface area contributed by atoms with E-state index in [2.05, 4.69) is 15.5 Å². The van der Waals surface area contributed by atoms with Crippen LogP contribution < -0.4 is 21.3 Å². The van der Waals surface area contributed by atoms with Crippen molar-refractivity contribution in [1.82, 2.24) is 15.5 Å². The van der Waals surface area contributed by atoms with E-state index in [0.717, 1.165) is 18.8 Å². The van der Waals surface area contributed by atoms with Crippen molar-refractivity contribution in [2.75, 3.05) is 44.2 Å². The summed E-state index contributed by atoms with van der Waals surface area (Å²) in [6.45, 7) is 3.25. The highest BCUT2D eigenvalue weighted by molar-refractivity contribution is 5.85. The number of amides is 2. The molecule has 1 unspecified atom stereocenters. The molecule has 0 radical (unpaired) electrons. The number of hydrogen-bond donors (Lipinski definition) is 3. The molecule has 0 aromatic heterocycles. The standard InChI is InChI=1S/C17H24FN5O2.2ClH/c18-12-1-3-14(4-2-12)22-5-7-23(8-6-22)17(25)15-9-13(11-20-15)21-16(24)10-19;;/h1-4,13,15,20H,5-11,19H2,(H,21,24);2*1H/t13?,15-;;/m0../s1. The van der Waals surface area contributed by atoms with E-state index in [0.29, 0.717) is 26.1 Å². The molecule has 2 aliphatic rings. The molecular formula is C17H26Cl2FN5O2. The smallest absolute Gasteiger partial charge is 0.239 e. The molecule has 1 aromatic rings. The van der Waals surface area contributed by atoms with E-state index in [1.165, 1.54) is 12.1 Å². The molecule has 2 amide bonds. The van der Waals surface area contributed by atoms with Gasteiger partial charge >= 0.3 is 0 Å². The average molecular weight is 422 g/mol. The Hall–Kier alpha value is -1.61. The Balaban J connectivity index is 0.00000182. The maximum Gasteiger partial charge on any atom is 0.239 e. The second-order valence-electron chi connectivity index (χ2n) is 6.45. The number of benzene rings is 1. The molecule has 3 rings (SSSR count). The third-order valence-electron chi connectivity index (χ3n) is 4.76. The number of halogens is 3. The van der Waals surface area contributed by atoms with Crippen LogP contribution in [0.1, 0.15) is 6.42 Å². The molecule has 2 aliphatic heterocycles. The number of nitrogens with zero attached hydrogens (tertiary/aromatic N) is 2. The SMILES string of the molecule is Cl.Cl.NCC(=O)NC1CN[C@H](C(=O)N2CCN(c3ccc(F)cc3)CC2)C1. The van der Waals surface area contributed by atoms with Crippen molar-refractivity contribution >= 4 is 42.3 Å². The molecule has 2 atom stereocenters. The van der Waals surface area contributed by atoms with Crippen molar-refractivity contribution in [3.8, 4) is 0 Å². The molecule has 2 saturated heterocycles. The van der Waals surface area contributed by atoms with Gasteiger partial charge in [-0.05, 0) is 30.7 Å². The summed E-state index contributed by atoms with van der Waals surface area (Å²) in [5, 5.41) is 5.99. The van der Waals surface area contributed by atoms with Crippen LogP contribution in [0, 0.1) is 5.82 Å². The van der Waals surface area contributed by atoms with Crippen LogP contribution in [0.25, 0.3) is 0 Å². The van der Waals surface area contributed by atoms with Crippen LogP contribution in [0.15, 0.2) is 24.3 Å². The van der Waals surface area contributed by atoms with E-state index in [-0.39, 0.29) is 61.1 Å². The van der Waals surface area contributed by atoms with Crippen molar-refractivity contribution in [1.29, 1.82) is 0 Å². The van der Waals surface area contributed by atoms with Crippen LogP contribution in [0.3, 0.4) is 0 Å². The van der Waals surface area contributed by atoms with E-state index < -0.39 is 0 Å². The van der Waals surface area contributed by atoms with Gasteiger partial charge in [0.15, 0.2) is 0 Å². The lowest BCUT2D eigenvalue weighted by atomic mass is 10.1. The first-order valence-electron chi connectivity index (χ1n) is 8.59. The highest BCUT2D eigenvalue weighted by Gasteiger charge is 2.34. The molecule has 0 aliphatic carbocycles. The molecule has 1 aromatic carbocycles. The van der Waals surface area contributed by atoms with Gasteiger partial charge in [-0.3, -0.25) is 9.59 Å². The summed E-state index contributed by atoms with van der Waals surface area (Å²) in [6, 6.07) is 6.11. The third kappa shape index (κ3) is 5.93. The first-order chi connectivity index (χ1) is 12.1. The summed E-state index contributed by atoms with van der Waals surface area (Å²) in [4.78, 5) is 28.0. The van der Waals surface area contributed by atoms with Crippen molar-refractivity contribution in [3.63, 3.8) is 0 Å². The topological polar surface area (TPSA) is 90.7 Å². The van der Waals surface area contributed by atoms with Gasteiger partial charge in [0.1, 0.15) is 5.82 Å². The second kappa shape index (κ2) is 10.7. The molecule has 0 spiro atoms. The summed E-state index contributed by atoms with van der Waals surface area (Å²) in [5.74, 6) is -0.378. The number of nitrogens with two attached hydrogens (primary N) is 1. The van der Waals surface area contributed by atoms with Gasteiger partial charge in [0.25, 0.3) is 0 Å². The van der Waals surface area contributed by atoms with Gasteiger partial charge in [-0.15, -0.1) is 24.8 Å². The van der Waals surface area contributed by atoms with Crippen LogP contribution in [0.5, 0.6) is 0 Å². The molecule has 152 valence electrons. The van der Waals surface area contributed by atoms with Crippen molar-refractivity contribution < 1.29 is 14.0 Å². The second-order valence-corrected chi connectivity index (χ2v) is 6.45. The Bertz CT molecular complexity index is 626. The van der Waals surface area contributed by atoms with Crippen molar-refractivity contribution in [2.45, 2.75) is 18.5 Å². The summed E-state index contributed by atoms with van der Waals surface area (Å²) < 4.78 is 13.0. The fraction of sp³-hybridized carbons (Fsp3) is 0.529. The van der Waals surface area contributed by atoms with Gasteiger partial charge in [-0.25, -0.2) is 4.39 Å². The fourth-order valence-electron chi connectivity index (χ4n) is 3.38. The zero-order valence-corrected chi connectivity index (χ0v) is 16.5. The van der Waals surface area contributed by atoms with E-state index in [1.807, 2.05) is 4.90 Å². The van der Waals surface area contributed by atoms with Gasteiger partial charge in [0, 0.05) is 44.5 Å². The zero-order chi connectivity index (χ0) is 17.8. The highest BCUT2D eigenvalue weighted by Crippen LogP contribution is 2.18. The lowest BCUT2D eigenvalue weighted by molar-refractivity contribution is -0.133. The largest absolute Gasteiger partial charge is 0.368 e. The number of carbonyl (C=O) groups excluding carboxylic acids is 2. The summed E-state index contributed by atoms with van der Waals surface area (Å²) in [6.07, 6.45) is 0.586. The number of carbonyl (C=O) groups is 2. The monoisotopic (exact) mass is 421 g/mol. The van der Waals surface area contributed by atoms with Crippen LogP contribution in [-0.4, -0.2) is 68.1 Å². The lowest BCUT2D eigenvalue weighted by Gasteiger charge is -2.37. The normalized spacial score (nSPS) is 21.9. The van der Waals surface area contributed by atoms with Crippen LogP contribution in [-0.2, 0) is 9.59 Å². The minimum Gasteiger partial charge on any atom is -0.368 e. The Kier molecular flexibility index (Phi) is 9.25. The van der Waals surface area contributed by atoms with Gasteiger partial charge in [-0.1, -0.05) is 0 Å². The number of piperazine rings is 1. The number of anilines is 1. The van der Waals surface area contributed by atoms with E-state index >= 15 is 0 Å². The molecule has 4 N–H and O–H groups in total. The molecular weight excluding hydrogens is 396 g/mol. The number of hydrogen-bond acceptors (Lipinski definition) is 5. The maximum atomic E-state index is 13.0. The Morgan fingerprint density at radius 1 is 1.15 bits per heavy atom. The summed E-state index contributed by atoms with van der Waals surface area (Å²) in [5.41, 5.74) is 6.27. The van der Waals surface area contributed by atoms with Gasteiger partial charge < -0.3 is 26.2 Å². The van der Waals surface area contributed by atoms with Gasteiger partial charge in [0.2, 0.25) is 11.8 Å². The van der Waals surface area contributed by atoms with Crippen LogP contribution in [0.2, 0.25) is 0 Å². The lowest BCUT2D eigenvalue weighted by Crippen LogP contribution is -2.53. The Morgan fingerprint density at radius 3 is 2.37 bits per heavy atom. The minimum absolute atomic E-state index is 0. The van der Waals surface area contributed by atoms with Crippen molar-refractivity contribution in [3.05, 3.63) is 30.1 Å².